The minimum absolute atomic E-state index is 0.00443. The molecule has 10 heteroatoms. The number of aromatic nitrogens is 1. The number of amides is 1. The predicted molar refractivity (Wildman–Crippen MR) is 122 cm³/mol. The zero-order valence-corrected chi connectivity index (χ0v) is 18.8. The molecule has 0 aliphatic carbocycles. The van der Waals surface area contributed by atoms with Crippen LogP contribution >= 0.6 is 0 Å². The van der Waals surface area contributed by atoms with Crippen LogP contribution in [0.25, 0.3) is 22.2 Å². The van der Waals surface area contributed by atoms with Gasteiger partial charge in [-0.25, -0.2) is 9.18 Å². The van der Waals surface area contributed by atoms with Gasteiger partial charge in [0.2, 0.25) is 0 Å². The Labute approximate surface area is 195 Å². The van der Waals surface area contributed by atoms with Gasteiger partial charge in [-0.1, -0.05) is 18.2 Å². The molecule has 1 unspecified atom stereocenters. The summed E-state index contributed by atoms with van der Waals surface area (Å²) in [7, 11) is 3.17. The second-order valence-electron chi connectivity index (χ2n) is 8.15. The molecule has 1 amide bonds. The van der Waals surface area contributed by atoms with Crippen molar-refractivity contribution in [3.63, 3.8) is 0 Å². The molecule has 34 heavy (non-hydrogen) atoms. The van der Waals surface area contributed by atoms with Crippen molar-refractivity contribution in [2.45, 2.75) is 24.7 Å². The maximum atomic E-state index is 14.9. The van der Waals surface area contributed by atoms with Gasteiger partial charge in [0, 0.05) is 33.7 Å². The second kappa shape index (κ2) is 10.2. The Morgan fingerprint density at radius 2 is 2.09 bits per heavy atom. The van der Waals surface area contributed by atoms with Gasteiger partial charge in [0.05, 0.1) is 24.3 Å². The third kappa shape index (κ3) is 5.02. The first-order valence-electron chi connectivity index (χ1n) is 10.8. The van der Waals surface area contributed by atoms with E-state index in [-0.39, 0.29) is 19.1 Å². The van der Waals surface area contributed by atoms with Gasteiger partial charge in [0.1, 0.15) is 18.0 Å². The number of aryl methyl sites for hydroxylation is 1. The van der Waals surface area contributed by atoms with Crippen LogP contribution in [-0.2, 0) is 27.7 Å². The molecule has 1 aromatic heterocycles. The highest BCUT2D eigenvalue weighted by atomic mass is 19.1. The number of oxazole rings is 1. The molecule has 3 atom stereocenters. The fraction of sp³-hybridized carbons (Fsp3) is 0.375. The smallest absolute Gasteiger partial charge is 0.408 e. The van der Waals surface area contributed by atoms with Crippen LogP contribution in [-0.4, -0.2) is 55.5 Å². The summed E-state index contributed by atoms with van der Waals surface area (Å²) < 4.78 is 32.2. The highest BCUT2D eigenvalue weighted by Crippen LogP contribution is 2.26. The Balaban J connectivity index is 1.45. The maximum absolute atomic E-state index is 14.9. The summed E-state index contributed by atoms with van der Waals surface area (Å²) in [6, 6.07) is 10.9. The molecular weight excluding hydrogens is 443 g/mol. The minimum Gasteiger partial charge on any atom is -0.408 e. The summed E-state index contributed by atoms with van der Waals surface area (Å²) in [4.78, 5) is 24.3. The van der Waals surface area contributed by atoms with E-state index in [0.29, 0.717) is 40.9 Å². The molecule has 0 radical (unpaired) electrons. The van der Waals surface area contributed by atoms with E-state index in [0.717, 1.165) is 0 Å². The number of nitrogens with one attached hydrogen (secondary N) is 2. The number of nitriles is 1. The van der Waals surface area contributed by atoms with E-state index in [4.69, 9.17) is 13.9 Å². The molecule has 2 N–H and O–H groups in total. The van der Waals surface area contributed by atoms with E-state index in [2.05, 4.69) is 10.6 Å². The summed E-state index contributed by atoms with van der Waals surface area (Å²) in [6.45, 7) is 1.11. The van der Waals surface area contributed by atoms with Gasteiger partial charge in [-0.2, -0.15) is 5.26 Å². The Morgan fingerprint density at radius 1 is 1.32 bits per heavy atom. The molecule has 178 valence electrons. The number of carbonyl (C=O) groups excluding carboxylic acids is 1. The molecule has 2 heterocycles. The normalized spacial score (nSPS) is 19.4. The summed E-state index contributed by atoms with van der Waals surface area (Å²) in [5.41, 5.74) is 2.68. The Bertz CT molecular complexity index is 1290. The zero-order chi connectivity index (χ0) is 24.2. The molecule has 2 aromatic carbocycles. The molecule has 4 rings (SSSR count). The van der Waals surface area contributed by atoms with Gasteiger partial charge >= 0.3 is 5.76 Å². The number of hydrogen-bond acceptors (Lipinski definition) is 7. The van der Waals surface area contributed by atoms with E-state index in [1.54, 1.807) is 44.5 Å². The number of carbonyl (C=O) groups is 1. The van der Waals surface area contributed by atoms with Crippen molar-refractivity contribution in [2.24, 2.45) is 7.05 Å². The van der Waals surface area contributed by atoms with Crippen LogP contribution in [0.5, 0.6) is 0 Å². The molecular formula is C24H25FN4O5. The number of methoxy groups -OCH3 is 1. The molecule has 3 aromatic rings. The number of halogens is 1. The van der Waals surface area contributed by atoms with Crippen LogP contribution in [0.3, 0.4) is 0 Å². The highest BCUT2D eigenvalue weighted by Gasteiger charge is 2.26. The SMILES string of the molecule is CO[C@@H]1CNC[C@@H](C(=O)NC(C#N)Cc2ccc(-c3ccc4oc(=O)n(C)c4c3)cc2F)OC1. The second-order valence-corrected chi connectivity index (χ2v) is 8.15. The van der Waals surface area contributed by atoms with E-state index < -0.39 is 29.6 Å². The lowest BCUT2D eigenvalue weighted by Gasteiger charge is -2.18. The van der Waals surface area contributed by atoms with Gasteiger partial charge < -0.3 is 24.5 Å². The number of fused-ring (bicyclic) bond motifs is 1. The Kier molecular flexibility index (Phi) is 7.07. The molecule has 1 aliphatic rings. The van der Waals surface area contributed by atoms with Gasteiger partial charge in [-0.3, -0.25) is 9.36 Å². The molecule has 1 fully saturated rings. The lowest BCUT2D eigenvalue weighted by molar-refractivity contribution is -0.133. The van der Waals surface area contributed by atoms with Crippen molar-refractivity contribution in [3.05, 3.63) is 58.3 Å². The lowest BCUT2D eigenvalue weighted by Crippen LogP contribution is -2.46. The summed E-state index contributed by atoms with van der Waals surface area (Å²) in [6.07, 6.45) is -0.918. The molecule has 0 spiro atoms. The van der Waals surface area contributed by atoms with Crippen molar-refractivity contribution in [2.75, 3.05) is 26.8 Å². The Hall–Kier alpha value is -3.52. The third-order valence-corrected chi connectivity index (χ3v) is 5.88. The van der Waals surface area contributed by atoms with Crippen molar-refractivity contribution < 1.29 is 23.1 Å². The van der Waals surface area contributed by atoms with E-state index in [9.17, 15) is 19.2 Å². The first-order chi connectivity index (χ1) is 16.4. The zero-order valence-electron chi connectivity index (χ0n) is 18.8. The first-order valence-corrected chi connectivity index (χ1v) is 10.8. The van der Waals surface area contributed by atoms with Crippen molar-refractivity contribution in [1.82, 2.24) is 15.2 Å². The predicted octanol–water partition coefficient (Wildman–Crippen LogP) is 1.49. The quantitative estimate of drug-likeness (QED) is 0.563. The van der Waals surface area contributed by atoms with Gasteiger partial charge in [0.15, 0.2) is 5.58 Å². The number of benzene rings is 2. The Morgan fingerprint density at radius 3 is 2.82 bits per heavy atom. The highest BCUT2D eigenvalue weighted by molar-refractivity contribution is 5.82. The fourth-order valence-corrected chi connectivity index (χ4v) is 3.85. The van der Waals surface area contributed by atoms with Crippen LogP contribution < -0.4 is 16.4 Å². The average Bonchev–Trinajstić information content (AvgIpc) is 3.00. The number of ether oxygens (including phenoxy) is 2. The summed E-state index contributed by atoms with van der Waals surface area (Å²) in [5, 5.41) is 15.2. The number of hydrogen-bond donors (Lipinski definition) is 2. The molecule has 0 bridgehead atoms. The minimum atomic E-state index is -0.922. The standard InChI is InChI=1S/C24H25FN4O5/c1-29-20-9-15(5-6-21(20)34-24(29)31)14-3-4-16(19(25)8-14)7-17(10-26)28-23(30)22-12-27-11-18(32-2)13-33-22/h3-6,8-9,17-18,22,27H,7,11-13H2,1-2H3,(H,28,30)/t17?,18-,22+/m1/s1. The topological polar surface area (TPSA) is 119 Å². The van der Waals surface area contributed by atoms with Crippen molar-refractivity contribution in [1.29, 1.82) is 5.26 Å². The largest absolute Gasteiger partial charge is 0.419 e. The van der Waals surface area contributed by atoms with E-state index in [1.165, 1.54) is 10.6 Å². The van der Waals surface area contributed by atoms with E-state index in [1.807, 2.05) is 6.07 Å². The molecule has 1 saturated heterocycles. The van der Waals surface area contributed by atoms with Crippen LogP contribution in [0.15, 0.2) is 45.6 Å². The van der Waals surface area contributed by atoms with Gasteiger partial charge in [0.25, 0.3) is 5.91 Å². The summed E-state index contributed by atoms with van der Waals surface area (Å²) >= 11 is 0. The molecule has 0 saturated carbocycles. The van der Waals surface area contributed by atoms with Gasteiger partial charge in [-0.15, -0.1) is 0 Å². The fourth-order valence-electron chi connectivity index (χ4n) is 3.85. The average molecular weight is 468 g/mol. The number of nitrogens with zero attached hydrogens (tertiary/aromatic N) is 2. The first kappa shape index (κ1) is 23.6. The number of rotatable bonds is 6. The van der Waals surface area contributed by atoms with Gasteiger partial charge in [-0.05, 0) is 34.9 Å². The third-order valence-electron chi connectivity index (χ3n) is 5.88. The summed E-state index contributed by atoms with van der Waals surface area (Å²) in [5.74, 6) is -1.41. The van der Waals surface area contributed by atoms with Crippen molar-refractivity contribution >= 4 is 17.0 Å². The lowest BCUT2D eigenvalue weighted by atomic mass is 10.00. The maximum Gasteiger partial charge on any atom is 0.419 e. The monoisotopic (exact) mass is 468 g/mol. The molecule has 9 nitrogen and oxygen atoms in total. The molecule has 1 aliphatic heterocycles. The van der Waals surface area contributed by atoms with Crippen LogP contribution in [0, 0.1) is 17.1 Å². The van der Waals surface area contributed by atoms with Crippen LogP contribution in [0.4, 0.5) is 4.39 Å². The van der Waals surface area contributed by atoms with Crippen LogP contribution in [0.1, 0.15) is 5.56 Å². The van der Waals surface area contributed by atoms with E-state index >= 15 is 0 Å². The van der Waals surface area contributed by atoms with Crippen LogP contribution in [0.2, 0.25) is 0 Å². The van der Waals surface area contributed by atoms with Crippen molar-refractivity contribution in [3.8, 4) is 17.2 Å².